The molecule has 1 fully saturated rings. The van der Waals surface area contributed by atoms with Gasteiger partial charge in [0.25, 0.3) is 0 Å². The molecule has 1 aromatic heterocycles. The molecule has 2 N–H and O–H groups in total. The summed E-state index contributed by atoms with van der Waals surface area (Å²) in [6.07, 6.45) is 5.98. The van der Waals surface area contributed by atoms with Gasteiger partial charge in [-0.25, -0.2) is 4.68 Å². The predicted octanol–water partition coefficient (Wildman–Crippen LogP) is 3.74. The number of nitrogens with zero attached hydrogens (tertiary/aromatic N) is 3. The van der Waals surface area contributed by atoms with Crippen LogP contribution in [0.4, 0.5) is 5.82 Å². The van der Waals surface area contributed by atoms with Crippen molar-refractivity contribution in [3.63, 3.8) is 0 Å². The summed E-state index contributed by atoms with van der Waals surface area (Å²) >= 11 is 0. The zero-order valence-electron chi connectivity index (χ0n) is 13.0. The third-order valence-corrected chi connectivity index (χ3v) is 4.58. The number of anilines is 1. The minimum atomic E-state index is 0.393. The Bertz CT molecular complexity index is 685. The van der Waals surface area contributed by atoms with Crippen molar-refractivity contribution < 1.29 is 0 Å². The summed E-state index contributed by atoms with van der Waals surface area (Å²) in [5.41, 5.74) is 10.1. The van der Waals surface area contributed by atoms with Gasteiger partial charge in [0, 0.05) is 5.92 Å². The fraction of sp³-hybridized carbons (Fsp3) is 0.444. The minimum Gasteiger partial charge on any atom is -0.383 e. The molecule has 1 aliphatic rings. The Morgan fingerprint density at radius 1 is 1.23 bits per heavy atom. The van der Waals surface area contributed by atoms with E-state index in [-0.39, 0.29) is 0 Å². The lowest BCUT2D eigenvalue weighted by molar-refractivity contribution is 0.432. The summed E-state index contributed by atoms with van der Waals surface area (Å²) < 4.78 is 1.78. The zero-order chi connectivity index (χ0) is 15.5. The molecule has 3 rings (SSSR count). The highest BCUT2D eigenvalue weighted by molar-refractivity contribution is 5.53. The van der Waals surface area contributed by atoms with Gasteiger partial charge in [0.05, 0.1) is 12.2 Å². The van der Waals surface area contributed by atoms with Crippen molar-refractivity contribution in [3.8, 4) is 6.07 Å². The monoisotopic (exact) mass is 294 g/mol. The van der Waals surface area contributed by atoms with E-state index in [4.69, 9.17) is 10.8 Å². The number of aromatic nitrogens is 2. The molecule has 1 saturated carbocycles. The lowest BCUT2D eigenvalue weighted by Gasteiger charge is -2.19. The molecule has 0 saturated heterocycles. The van der Waals surface area contributed by atoms with Crippen molar-refractivity contribution in [1.82, 2.24) is 9.78 Å². The van der Waals surface area contributed by atoms with Crippen molar-refractivity contribution in [3.05, 3.63) is 46.6 Å². The lowest BCUT2D eigenvalue weighted by Crippen LogP contribution is -2.08. The Kier molecular flexibility index (Phi) is 4.15. The fourth-order valence-electron chi connectivity index (χ4n) is 3.26. The van der Waals surface area contributed by atoms with Gasteiger partial charge in [0.15, 0.2) is 0 Å². The van der Waals surface area contributed by atoms with Crippen LogP contribution in [-0.2, 0) is 6.54 Å². The Labute approximate surface area is 131 Å². The Morgan fingerprint density at radius 3 is 2.55 bits per heavy atom. The Balaban J connectivity index is 1.90. The van der Waals surface area contributed by atoms with E-state index in [1.54, 1.807) is 4.68 Å². The highest BCUT2D eigenvalue weighted by Crippen LogP contribution is 2.35. The molecule has 22 heavy (non-hydrogen) atoms. The maximum absolute atomic E-state index is 9.46. The molecular weight excluding hydrogens is 272 g/mol. The topological polar surface area (TPSA) is 67.6 Å². The molecule has 0 atom stereocenters. The van der Waals surface area contributed by atoms with Gasteiger partial charge in [0.1, 0.15) is 17.5 Å². The number of benzene rings is 1. The summed E-state index contributed by atoms with van der Waals surface area (Å²) in [5, 5.41) is 14.2. The molecule has 2 aromatic rings. The van der Waals surface area contributed by atoms with Gasteiger partial charge in [0.2, 0.25) is 0 Å². The van der Waals surface area contributed by atoms with Gasteiger partial charge >= 0.3 is 0 Å². The highest BCUT2D eigenvalue weighted by Gasteiger charge is 2.24. The molecule has 4 heteroatoms. The first kappa shape index (κ1) is 14.6. The van der Waals surface area contributed by atoms with Crippen LogP contribution in [0.1, 0.15) is 60.4 Å². The summed E-state index contributed by atoms with van der Waals surface area (Å²) in [6, 6.07) is 10.6. The minimum absolute atomic E-state index is 0.393. The van der Waals surface area contributed by atoms with Crippen LogP contribution in [0.5, 0.6) is 0 Å². The number of nitriles is 1. The molecule has 114 valence electrons. The van der Waals surface area contributed by atoms with Crippen molar-refractivity contribution in [1.29, 1.82) is 5.26 Å². The van der Waals surface area contributed by atoms with Crippen LogP contribution in [0, 0.1) is 18.3 Å². The number of aryl methyl sites for hydroxylation is 1. The Morgan fingerprint density at radius 2 is 1.91 bits per heavy atom. The average Bonchev–Trinajstić information content (AvgIpc) is 2.86. The van der Waals surface area contributed by atoms with E-state index in [1.165, 1.54) is 24.8 Å². The first-order chi connectivity index (χ1) is 10.7. The summed E-state index contributed by atoms with van der Waals surface area (Å²) in [7, 11) is 0. The molecular formula is C18H22N4. The quantitative estimate of drug-likeness (QED) is 0.937. The highest BCUT2D eigenvalue weighted by atomic mass is 15.3. The van der Waals surface area contributed by atoms with Crippen LogP contribution in [0.2, 0.25) is 0 Å². The number of rotatable bonds is 3. The second-order valence-electron chi connectivity index (χ2n) is 6.24. The fourth-order valence-corrected chi connectivity index (χ4v) is 3.26. The van der Waals surface area contributed by atoms with Gasteiger partial charge in [-0.3, -0.25) is 0 Å². The molecule has 0 aliphatic heterocycles. The van der Waals surface area contributed by atoms with Crippen LogP contribution in [0.3, 0.4) is 0 Å². The molecule has 1 heterocycles. The first-order valence-corrected chi connectivity index (χ1v) is 8.01. The van der Waals surface area contributed by atoms with Gasteiger partial charge < -0.3 is 5.73 Å². The summed E-state index contributed by atoms with van der Waals surface area (Å²) in [6.45, 7) is 2.69. The second-order valence-corrected chi connectivity index (χ2v) is 6.24. The van der Waals surface area contributed by atoms with Crippen molar-refractivity contribution >= 4 is 5.82 Å². The van der Waals surface area contributed by atoms with E-state index in [0.717, 1.165) is 24.1 Å². The molecule has 1 aromatic carbocycles. The van der Waals surface area contributed by atoms with E-state index in [2.05, 4.69) is 37.3 Å². The second kappa shape index (κ2) is 6.23. The maximum atomic E-state index is 9.46. The molecule has 1 aliphatic carbocycles. The zero-order valence-corrected chi connectivity index (χ0v) is 13.0. The first-order valence-electron chi connectivity index (χ1n) is 8.01. The average molecular weight is 294 g/mol. The molecule has 0 radical (unpaired) electrons. The lowest BCUT2D eigenvalue weighted by atomic mass is 9.85. The largest absolute Gasteiger partial charge is 0.383 e. The molecule has 0 spiro atoms. The molecule has 4 nitrogen and oxygen atoms in total. The van der Waals surface area contributed by atoms with Crippen LogP contribution in [0.15, 0.2) is 24.3 Å². The maximum Gasteiger partial charge on any atom is 0.140 e. The van der Waals surface area contributed by atoms with Crippen LogP contribution in [-0.4, -0.2) is 9.78 Å². The van der Waals surface area contributed by atoms with E-state index in [0.29, 0.717) is 23.8 Å². The standard InChI is InChI=1S/C18H22N4/c1-13-7-9-14(10-8-13)12-22-18(20)16(11-19)17(21-22)15-5-3-2-4-6-15/h7-10,15H,2-6,12,20H2,1H3. The predicted molar refractivity (Wildman–Crippen MR) is 87.5 cm³/mol. The normalized spacial score (nSPS) is 15.6. The van der Waals surface area contributed by atoms with Crippen LogP contribution in [0.25, 0.3) is 0 Å². The van der Waals surface area contributed by atoms with Crippen molar-refractivity contribution in [2.24, 2.45) is 0 Å². The number of hydrogen-bond acceptors (Lipinski definition) is 3. The number of nitrogen functional groups attached to an aromatic ring is 1. The third-order valence-electron chi connectivity index (χ3n) is 4.58. The number of nitrogens with two attached hydrogens (primary N) is 1. The smallest absolute Gasteiger partial charge is 0.140 e. The van der Waals surface area contributed by atoms with Gasteiger partial charge in [-0.05, 0) is 25.3 Å². The van der Waals surface area contributed by atoms with E-state index in [9.17, 15) is 5.26 Å². The summed E-state index contributed by atoms with van der Waals surface area (Å²) in [4.78, 5) is 0. The van der Waals surface area contributed by atoms with Crippen LogP contribution < -0.4 is 5.73 Å². The Hall–Kier alpha value is -2.28. The number of hydrogen-bond donors (Lipinski definition) is 1. The van der Waals surface area contributed by atoms with Gasteiger partial charge in [-0.2, -0.15) is 10.4 Å². The van der Waals surface area contributed by atoms with Crippen molar-refractivity contribution in [2.45, 2.75) is 51.5 Å². The SMILES string of the molecule is Cc1ccc(Cn2nc(C3CCCCC3)c(C#N)c2N)cc1. The van der Waals surface area contributed by atoms with Crippen LogP contribution >= 0.6 is 0 Å². The van der Waals surface area contributed by atoms with E-state index >= 15 is 0 Å². The van der Waals surface area contributed by atoms with Crippen molar-refractivity contribution in [2.75, 3.05) is 5.73 Å². The van der Waals surface area contributed by atoms with Gasteiger partial charge in [-0.1, -0.05) is 49.1 Å². The molecule has 0 unspecified atom stereocenters. The molecule has 0 amide bonds. The van der Waals surface area contributed by atoms with E-state index in [1.807, 2.05) is 0 Å². The third kappa shape index (κ3) is 2.85. The van der Waals surface area contributed by atoms with Gasteiger partial charge in [-0.15, -0.1) is 0 Å². The summed E-state index contributed by atoms with van der Waals surface area (Å²) in [5.74, 6) is 0.897. The molecule has 0 bridgehead atoms. The van der Waals surface area contributed by atoms with E-state index < -0.39 is 0 Å².